The van der Waals surface area contributed by atoms with Crippen LogP contribution in [0, 0.1) is 0 Å². The Morgan fingerprint density at radius 2 is 1.76 bits per heavy atom. The Kier molecular flexibility index (Phi) is 7.05. The standard InChI is InChI=1S/C28H31F3N4O2/c1-26(2,23-12-18(7-8-25(23)36)19-6-5-9-32-14-19)17-27(37,28(29,30)31)13-21-10-20-11-22(16-35(3)4)33-15-24(20)34-21/h5-12,14-15,34,36-37H,13,16-17H2,1-4H3. The quantitative estimate of drug-likeness (QED) is 0.286. The SMILES string of the molecule is CN(C)Cc1cc2cc(CC(O)(CC(C)(C)c3cc(-c4cccnc4)ccc3O)C(F)(F)F)[nH]c2cn1. The van der Waals surface area contributed by atoms with Crippen molar-refractivity contribution in [3.63, 3.8) is 0 Å². The molecule has 0 saturated carbocycles. The average Bonchev–Trinajstić information content (AvgIpc) is 3.19. The number of benzene rings is 1. The summed E-state index contributed by atoms with van der Waals surface area (Å²) in [5.41, 5.74) is -0.838. The highest BCUT2D eigenvalue weighted by Crippen LogP contribution is 2.45. The van der Waals surface area contributed by atoms with Gasteiger partial charge in [-0.05, 0) is 61.8 Å². The molecule has 6 nitrogen and oxygen atoms in total. The van der Waals surface area contributed by atoms with Crippen molar-refractivity contribution in [3.05, 3.63) is 78.0 Å². The zero-order valence-corrected chi connectivity index (χ0v) is 21.3. The summed E-state index contributed by atoms with van der Waals surface area (Å²) < 4.78 is 43.2. The van der Waals surface area contributed by atoms with Gasteiger partial charge >= 0.3 is 6.18 Å². The van der Waals surface area contributed by atoms with Crippen LogP contribution in [0.3, 0.4) is 0 Å². The number of hydrogen-bond donors (Lipinski definition) is 3. The van der Waals surface area contributed by atoms with Crippen molar-refractivity contribution < 1.29 is 23.4 Å². The van der Waals surface area contributed by atoms with E-state index in [0.29, 0.717) is 23.2 Å². The van der Waals surface area contributed by atoms with Crippen LogP contribution < -0.4 is 0 Å². The molecule has 196 valence electrons. The summed E-state index contributed by atoms with van der Waals surface area (Å²) in [6, 6.07) is 11.8. The number of rotatable bonds is 8. The molecule has 1 unspecified atom stereocenters. The summed E-state index contributed by atoms with van der Waals surface area (Å²) >= 11 is 0. The van der Waals surface area contributed by atoms with Gasteiger partial charge < -0.3 is 20.1 Å². The number of pyridine rings is 2. The molecule has 4 rings (SSSR count). The Bertz CT molecular complexity index is 1380. The molecule has 0 bridgehead atoms. The lowest BCUT2D eigenvalue weighted by Gasteiger charge is -2.38. The summed E-state index contributed by atoms with van der Waals surface area (Å²) in [6.45, 7) is 3.78. The van der Waals surface area contributed by atoms with E-state index in [1.807, 2.05) is 31.1 Å². The third-order valence-electron chi connectivity index (χ3n) is 6.56. The number of aromatic hydroxyl groups is 1. The van der Waals surface area contributed by atoms with Gasteiger partial charge in [0.1, 0.15) is 5.75 Å². The first kappa shape index (κ1) is 26.6. The van der Waals surface area contributed by atoms with Crippen LogP contribution in [0.2, 0.25) is 0 Å². The Hall–Kier alpha value is -3.43. The Balaban J connectivity index is 1.66. The molecule has 1 aromatic carbocycles. The number of H-pyrrole nitrogens is 1. The van der Waals surface area contributed by atoms with Gasteiger partial charge in [-0.1, -0.05) is 26.0 Å². The fraction of sp³-hybridized carbons (Fsp3) is 0.357. The van der Waals surface area contributed by atoms with Crippen LogP contribution in [-0.4, -0.2) is 55.9 Å². The van der Waals surface area contributed by atoms with Crippen molar-refractivity contribution in [3.8, 4) is 16.9 Å². The number of nitrogens with zero attached hydrogens (tertiary/aromatic N) is 3. The molecule has 1 atom stereocenters. The number of hydrogen-bond acceptors (Lipinski definition) is 5. The van der Waals surface area contributed by atoms with Crippen LogP contribution in [0.1, 0.15) is 37.2 Å². The Labute approximate surface area is 213 Å². The maximum Gasteiger partial charge on any atom is 0.417 e. The van der Waals surface area contributed by atoms with Crippen LogP contribution >= 0.6 is 0 Å². The first-order valence-corrected chi connectivity index (χ1v) is 11.9. The third-order valence-corrected chi connectivity index (χ3v) is 6.56. The largest absolute Gasteiger partial charge is 0.508 e. The second kappa shape index (κ2) is 9.79. The maximum absolute atomic E-state index is 14.4. The topological polar surface area (TPSA) is 85.3 Å². The molecule has 0 aliphatic rings. The number of aliphatic hydroxyl groups is 1. The number of nitrogens with one attached hydrogen (secondary N) is 1. The minimum Gasteiger partial charge on any atom is -0.508 e. The molecule has 0 spiro atoms. The second-order valence-corrected chi connectivity index (χ2v) is 10.5. The van der Waals surface area contributed by atoms with Gasteiger partial charge in [-0.2, -0.15) is 13.2 Å². The number of aromatic amines is 1. The van der Waals surface area contributed by atoms with Gasteiger partial charge in [-0.3, -0.25) is 9.97 Å². The van der Waals surface area contributed by atoms with E-state index in [2.05, 4.69) is 15.0 Å². The number of halogens is 3. The molecule has 37 heavy (non-hydrogen) atoms. The van der Waals surface area contributed by atoms with Crippen molar-refractivity contribution in [2.24, 2.45) is 0 Å². The molecule has 3 N–H and O–H groups in total. The van der Waals surface area contributed by atoms with Gasteiger partial charge in [0.15, 0.2) is 5.60 Å². The van der Waals surface area contributed by atoms with E-state index in [1.165, 1.54) is 6.07 Å². The van der Waals surface area contributed by atoms with Crippen LogP contribution in [-0.2, 0) is 18.4 Å². The van der Waals surface area contributed by atoms with E-state index in [9.17, 15) is 23.4 Å². The second-order valence-electron chi connectivity index (χ2n) is 10.5. The number of phenols is 1. The molecule has 0 saturated heterocycles. The van der Waals surface area contributed by atoms with Gasteiger partial charge in [0.05, 0.1) is 17.4 Å². The van der Waals surface area contributed by atoms with Gasteiger partial charge in [0, 0.05) is 47.6 Å². The predicted octanol–water partition coefficient (Wildman–Crippen LogP) is 5.60. The molecule has 0 fully saturated rings. The van der Waals surface area contributed by atoms with Crippen molar-refractivity contribution in [2.45, 2.75) is 50.4 Å². The highest BCUT2D eigenvalue weighted by molar-refractivity contribution is 5.80. The van der Waals surface area contributed by atoms with Crippen molar-refractivity contribution >= 4 is 10.9 Å². The van der Waals surface area contributed by atoms with E-state index >= 15 is 0 Å². The first-order valence-electron chi connectivity index (χ1n) is 11.9. The lowest BCUT2D eigenvalue weighted by atomic mass is 9.72. The van der Waals surface area contributed by atoms with E-state index in [-0.39, 0.29) is 11.4 Å². The number of phenolic OH excluding ortho intramolecular Hbond substituents is 1. The summed E-state index contributed by atoms with van der Waals surface area (Å²) in [6.07, 6.45) is -1.37. The van der Waals surface area contributed by atoms with Crippen LogP contribution in [0.15, 0.2) is 61.1 Å². The molecule has 3 aromatic heterocycles. The summed E-state index contributed by atoms with van der Waals surface area (Å²) in [4.78, 5) is 13.4. The van der Waals surface area contributed by atoms with E-state index in [0.717, 1.165) is 16.6 Å². The molecule has 0 aliphatic carbocycles. The summed E-state index contributed by atoms with van der Waals surface area (Å²) in [7, 11) is 3.81. The van der Waals surface area contributed by atoms with Crippen LogP contribution in [0.4, 0.5) is 13.2 Å². The van der Waals surface area contributed by atoms with Crippen molar-refractivity contribution in [1.82, 2.24) is 19.9 Å². The normalized spacial score (nSPS) is 14.3. The summed E-state index contributed by atoms with van der Waals surface area (Å²) in [5.74, 6) is -0.132. The van der Waals surface area contributed by atoms with Crippen molar-refractivity contribution in [1.29, 1.82) is 0 Å². The van der Waals surface area contributed by atoms with Gasteiger partial charge in [0.25, 0.3) is 0 Å². The molecular formula is C28H31F3N4O2. The van der Waals surface area contributed by atoms with Gasteiger partial charge in [0.2, 0.25) is 0 Å². The van der Waals surface area contributed by atoms with E-state index in [4.69, 9.17) is 0 Å². The summed E-state index contributed by atoms with van der Waals surface area (Å²) in [5, 5.41) is 22.4. The smallest absolute Gasteiger partial charge is 0.417 e. The lowest BCUT2D eigenvalue weighted by Crippen LogP contribution is -2.50. The highest BCUT2D eigenvalue weighted by atomic mass is 19.4. The zero-order chi connectivity index (χ0) is 27.0. The van der Waals surface area contributed by atoms with Crippen molar-refractivity contribution in [2.75, 3.05) is 14.1 Å². The first-order chi connectivity index (χ1) is 17.3. The van der Waals surface area contributed by atoms with Crippen LogP contribution in [0.25, 0.3) is 22.0 Å². The van der Waals surface area contributed by atoms with Crippen LogP contribution in [0.5, 0.6) is 5.75 Å². The van der Waals surface area contributed by atoms with Gasteiger partial charge in [-0.15, -0.1) is 0 Å². The molecule has 9 heteroatoms. The van der Waals surface area contributed by atoms with E-state index < -0.39 is 30.0 Å². The van der Waals surface area contributed by atoms with E-state index in [1.54, 1.807) is 56.7 Å². The minimum absolute atomic E-state index is 0.132. The number of aromatic nitrogens is 3. The minimum atomic E-state index is -4.91. The number of alkyl halides is 3. The fourth-order valence-electron chi connectivity index (χ4n) is 4.84. The molecule has 3 heterocycles. The Morgan fingerprint density at radius 1 is 1.00 bits per heavy atom. The zero-order valence-electron chi connectivity index (χ0n) is 21.3. The van der Waals surface area contributed by atoms with Gasteiger partial charge in [-0.25, -0.2) is 0 Å². The molecule has 0 amide bonds. The molecular weight excluding hydrogens is 481 g/mol. The fourth-order valence-corrected chi connectivity index (χ4v) is 4.84. The molecule has 0 aliphatic heterocycles. The Morgan fingerprint density at radius 3 is 2.41 bits per heavy atom. The highest BCUT2D eigenvalue weighted by Gasteiger charge is 2.56. The molecule has 0 radical (unpaired) electrons. The molecule has 4 aromatic rings. The third kappa shape index (κ3) is 5.78. The number of fused-ring (bicyclic) bond motifs is 1. The predicted molar refractivity (Wildman–Crippen MR) is 137 cm³/mol. The maximum atomic E-state index is 14.4. The average molecular weight is 513 g/mol. The lowest BCUT2D eigenvalue weighted by molar-refractivity contribution is -0.266. The monoisotopic (exact) mass is 512 g/mol.